The van der Waals surface area contributed by atoms with Crippen LogP contribution < -0.4 is 4.74 Å². The van der Waals surface area contributed by atoms with Gasteiger partial charge in [0.05, 0.1) is 18.1 Å². The lowest BCUT2D eigenvalue weighted by molar-refractivity contribution is 0.417. The molecule has 0 aliphatic rings. The van der Waals surface area contributed by atoms with Gasteiger partial charge in [0.25, 0.3) is 0 Å². The van der Waals surface area contributed by atoms with E-state index in [1.165, 1.54) is 10.8 Å². The van der Waals surface area contributed by atoms with Crippen LogP contribution in [0.4, 0.5) is 0 Å². The average Bonchev–Trinajstić information content (AvgIpc) is 2.86. The zero-order valence-electron chi connectivity index (χ0n) is 10.5. The summed E-state index contributed by atoms with van der Waals surface area (Å²) in [4.78, 5) is 4.75. The Kier molecular flexibility index (Phi) is 2.03. The number of rotatable bonds is 1. The molecule has 0 spiro atoms. The van der Waals surface area contributed by atoms with Gasteiger partial charge in [0, 0.05) is 11.6 Å². The molecule has 0 N–H and O–H groups in total. The maximum Gasteiger partial charge on any atom is 0.180 e. The van der Waals surface area contributed by atoms with E-state index in [2.05, 4.69) is 28.7 Å². The van der Waals surface area contributed by atoms with Crippen molar-refractivity contribution in [3.05, 3.63) is 54.7 Å². The van der Waals surface area contributed by atoms with Gasteiger partial charge < -0.3 is 4.74 Å². The molecule has 0 atom stereocenters. The van der Waals surface area contributed by atoms with Crippen LogP contribution in [0.3, 0.4) is 0 Å². The minimum atomic E-state index is 0.794. The first-order chi connectivity index (χ1) is 9.38. The molecule has 2 aromatic carbocycles. The van der Waals surface area contributed by atoms with Crippen LogP contribution >= 0.6 is 0 Å². The number of fused-ring (bicyclic) bond motifs is 5. The van der Waals surface area contributed by atoms with E-state index < -0.39 is 0 Å². The van der Waals surface area contributed by atoms with Gasteiger partial charge in [0.1, 0.15) is 0 Å². The number of hydrogen-bond donors (Lipinski definition) is 0. The van der Waals surface area contributed by atoms with Gasteiger partial charge in [-0.1, -0.05) is 30.3 Å². The molecule has 3 nitrogen and oxygen atoms in total. The van der Waals surface area contributed by atoms with Crippen molar-refractivity contribution in [2.75, 3.05) is 7.11 Å². The summed E-state index contributed by atoms with van der Waals surface area (Å²) >= 11 is 0. The fraction of sp³-hybridized carbons (Fsp3) is 0.0625. The molecule has 4 rings (SSSR count). The van der Waals surface area contributed by atoms with Gasteiger partial charge >= 0.3 is 0 Å². The number of pyridine rings is 1. The monoisotopic (exact) mass is 248 g/mol. The molecular formula is C16H12N2O. The summed E-state index contributed by atoms with van der Waals surface area (Å²) in [5.74, 6) is 0.794. The normalized spacial score (nSPS) is 11.4. The van der Waals surface area contributed by atoms with Crippen molar-refractivity contribution in [1.82, 2.24) is 9.38 Å². The lowest BCUT2D eigenvalue weighted by Gasteiger charge is -2.01. The molecule has 0 fully saturated rings. The fourth-order valence-electron chi connectivity index (χ4n) is 2.60. The van der Waals surface area contributed by atoms with E-state index >= 15 is 0 Å². The van der Waals surface area contributed by atoms with Gasteiger partial charge in [-0.3, -0.25) is 4.40 Å². The standard InChI is InChI=1S/C16H12N2O/c1-19-14-7-4-10-18-13-9-8-11-5-2-3-6-12(11)15(13)17-16(14)18/h2-10H,1H3. The first-order valence-corrected chi connectivity index (χ1v) is 6.21. The van der Waals surface area contributed by atoms with Gasteiger partial charge in [-0.2, -0.15) is 0 Å². The molecule has 0 aliphatic carbocycles. The van der Waals surface area contributed by atoms with E-state index in [0.29, 0.717) is 0 Å². The number of methoxy groups -OCH3 is 1. The number of aromatic nitrogens is 2. The minimum Gasteiger partial charge on any atom is -0.493 e. The van der Waals surface area contributed by atoms with E-state index in [-0.39, 0.29) is 0 Å². The van der Waals surface area contributed by atoms with Crippen molar-refractivity contribution in [2.45, 2.75) is 0 Å². The molecule has 4 aromatic rings. The summed E-state index contributed by atoms with van der Waals surface area (Å²) in [5.41, 5.74) is 2.98. The van der Waals surface area contributed by atoms with Crippen molar-refractivity contribution in [1.29, 1.82) is 0 Å². The molecule has 19 heavy (non-hydrogen) atoms. The highest BCUT2D eigenvalue weighted by atomic mass is 16.5. The second kappa shape index (κ2) is 3.72. The van der Waals surface area contributed by atoms with Crippen LogP contribution in [0, 0.1) is 0 Å². The third-order valence-corrected chi connectivity index (χ3v) is 3.51. The van der Waals surface area contributed by atoms with Crippen molar-refractivity contribution < 1.29 is 4.74 Å². The summed E-state index contributed by atoms with van der Waals surface area (Å²) in [7, 11) is 1.67. The summed E-state index contributed by atoms with van der Waals surface area (Å²) in [6, 6.07) is 16.5. The van der Waals surface area contributed by atoms with Gasteiger partial charge in [-0.05, 0) is 23.6 Å². The Morgan fingerprint density at radius 2 is 1.89 bits per heavy atom. The zero-order chi connectivity index (χ0) is 12.8. The topological polar surface area (TPSA) is 26.5 Å². The van der Waals surface area contributed by atoms with E-state index in [1.54, 1.807) is 7.11 Å². The van der Waals surface area contributed by atoms with E-state index in [4.69, 9.17) is 9.72 Å². The van der Waals surface area contributed by atoms with Crippen LogP contribution in [0.5, 0.6) is 5.75 Å². The lowest BCUT2D eigenvalue weighted by Crippen LogP contribution is -1.89. The van der Waals surface area contributed by atoms with Crippen LogP contribution in [0.25, 0.3) is 27.5 Å². The molecule has 0 saturated heterocycles. The Morgan fingerprint density at radius 3 is 2.79 bits per heavy atom. The summed E-state index contributed by atoms with van der Waals surface area (Å²) in [6.45, 7) is 0. The third-order valence-electron chi connectivity index (χ3n) is 3.51. The molecule has 2 heterocycles. The first kappa shape index (κ1) is 10.4. The van der Waals surface area contributed by atoms with Gasteiger partial charge in [-0.25, -0.2) is 4.98 Å². The van der Waals surface area contributed by atoms with E-state index in [0.717, 1.165) is 22.4 Å². The van der Waals surface area contributed by atoms with Crippen LogP contribution in [-0.4, -0.2) is 16.5 Å². The van der Waals surface area contributed by atoms with Crippen molar-refractivity contribution in [2.24, 2.45) is 0 Å². The van der Waals surface area contributed by atoms with Crippen LogP contribution in [0.15, 0.2) is 54.7 Å². The second-order valence-electron chi connectivity index (χ2n) is 4.54. The Labute approximate surface area is 110 Å². The largest absolute Gasteiger partial charge is 0.493 e. The van der Waals surface area contributed by atoms with Crippen LogP contribution in [0.2, 0.25) is 0 Å². The fourth-order valence-corrected chi connectivity index (χ4v) is 2.60. The SMILES string of the molecule is COc1cccn2c1nc1c3ccccc3ccc12. The lowest BCUT2D eigenvalue weighted by atomic mass is 10.1. The predicted octanol–water partition coefficient (Wildman–Crippen LogP) is 3.65. The van der Waals surface area contributed by atoms with Crippen molar-refractivity contribution in [3.63, 3.8) is 0 Å². The highest BCUT2D eigenvalue weighted by Crippen LogP contribution is 2.28. The predicted molar refractivity (Wildman–Crippen MR) is 76.8 cm³/mol. The molecule has 0 saturated carbocycles. The maximum absolute atomic E-state index is 5.39. The Hall–Kier alpha value is -2.55. The third kappa shape index (κ3) is 1.35. The highest BCUT2D eigenvalue weighted by Gasteiger charge is 2.10. The molecular weight excluding hydrogens is 236 g/mol. The van der Waals surface area contributed by atoms with Crippen LogP contribution in [0.1, 0.15) is 0 Å². The number of hydrogen-bond acceptors (Lipinski definition) is 2. The summed E-state index contributed by atoms with van der Waals surface area (Å²) < 4.78 is 7.46. The van der Waals surface area contributed by atoms with Crippen molar-refractivity contribution >= 4 is 27.5 Å². The van der Waals surface area contributed by atoms with Crippen LogP contribution in [-0.2, 0) is 0 Å². The second-order valence-corrected chi connectivity index (χ2v) is 4.54. The molecule has 92 valence electrons. The number of imidazole rings is 1. The number of benzene rings is 2. The molecule has 2 aromatic heterocycles. The van der Waals surface area contributed by atoms with E-state index in [1.807, 2.05) is 30.5 Å². The van der Waals surface area contributed by atoms with Crippen molar-refractivity contribution in [3.8, 4) is 5.75 Å². The zero-order valence-corrected chi connectivity index (χ0v) is 10.5. The Morgan fingerprint density at radius 1 is 1.00 bits per heavy atom. The quantitative estimate of drug-likeness (QED) is 0.514. The summed E-state index contributed by atoms with van der Waals surface area (Å²) in [6.07, 6.45) is 2.02. The Bertz CT molecular complexity index is 908. The molecule has 0 radical (unpaired) electrons. The van der Waals surface area contributed by atoms with Gasteiger partial charge in [0.15, 0.2) is 11.4 Å². The highest BCUT2D eigenvalue weighted by molar-refractivity contribution is 6.05. The molecule has 0 aliphatic heterocycles. The molecule has 0 unspecified atom stereocenters. The smallest absolute Gasteiger partial charge is 0.180 e. The minimum absolute atomic E-state index is 0.794. The summed E-state index contributed by atoms with van der Waals surface area (Å²) in [5, 5.41) is 2.38. The maximum atomic E-state index is 5.39. The van der Waals surface area contributed by atoms with E-state index in [9.17, 15) is 0 Å². The molecule has 3 heteroatoms. The van der Waals surface area contributed by atoms with Gasteiger partial charge in [-0.15, -0.1) is 0 Å². The molecule has 0 bridgehead atoms. The van der Waals surface area contributed by atoms with Gasteiger partial charge in [0.2, 0.25) is 0 Å². The molecule has 0 amide bonds. The average molecular weight is 248 g/mol. The Balaban J connectivity index is 2.27. The first-order valence-electron chi connectivity index (χ1n) is 6.21. The number of ether oxygens (including phenoxy) is 1. The number of nitrogens with zero attached hydrogens (tertiary/aromatic N) is 2.